The number of carbonyl (C=O) groups is 1. The summed E-state index contributed by atoms with van der Waals surface area (Å²) in [7, 11) is 3.97. The summed E-state index contributed by atoms with van der Waals surface area (Å²) in [6.07, 6.45) is 1.01. The SMILES string of the molecule is CN(C)CCNC(=O)c1cccc(N2CCc3ccccc3C2)n1. The molecule has 0 spiro atoms. The lowest BCUT2D eigenvalue weighted by atomic mass is 10.00. The van der Waals surface area contributed by atoms with E-state index in [1.165, 1.54) is 11.1 Å². The van der Waals surface area contributed by atoms with E-state index in [9.17, 15) is 4.79 Å². The van der Waals surface area contributed by atoms with Crippen LogP contribution in [0, 0.1) is 0 Å². The molecule has 1 aliphatic rings. The summed E-state index contributed by atoms with van der Waals surface area (Å²) in [6.45, 7) is 3.20. The van der Waals surface area contributed by atoms with Crippen LogP contribution in [0.3, 0.4) is 0 Å². The lowest BCUT2D eigenvalue weighted by Gasteiger charge is -2.30. The number of likely N-dealkylation sites (N-methyl/N-ethyl adjacent to an activating group) is 1. The molecule has 0 unspecified atom stereocenters. The number of benzene rings is 1. The molecule has 1 aliphatic heterocycles. The van der Waals surface area contributed by atoms with E-state index in [4.69, 9.17) is 0 Å². The Bertz CT molecular complexity index is 714. The average molecular weight is 324 g/mol. The number of fused-ring (bicyclic) bond motifs is 1. The third-order valence-corrected chi connectivity index (χ3v) is 4.27. The van der Waals surface area contributed by atoms with Crippen molar-refractivity contribution in [2.75, 3.05) is 38.6 Å². The zero-order chi connectivity index (χ0) is 16.9. The van der Waals surface area contributed by atoms with Gasteiger partial charge in [0.05, 0.1) is 0 Å². The standard InChI is InChI=1S/C19H24N4O/c1-22(2)13-11-20-19(24)17-8-5-9-18(21-17)23-12-10-15-6-3-4-7-16(15)14-23/h3-9H,10-14H2,1-2H3,(H,20,24). The molecule has 0 radical (unpaired) electrons. The maximum Gasteiger partial charge on any atom is 0.270 e. The molecule has 1 aromatic heterocycles. The Morgan fingerprint density at radius 3 is 2.75 bits per heavy atom. The molecule has 0 saturated carbocycles. The van der Waals surface area contributed by atoms with Crippen molar-refractivity contribution in [2.24, 2.45) is 0 Å². The summed E-state index contributed by atoms with van der Waals surface area (Å²) in [6, 6.07) is 14.2. The second-order valence-electron chi connectivity index (χ2n) is 6.38. The van der Waals surface area contributed by atoms with Gasteiger partial charge in [0, 0.05) is 26.2 Å². The van der Waals surface area contributed by atoms with Gasteiger partial charge in [-0.05, 0) is 43.8 Å². The fraction of sp³-hybridized carbons (Fsp3) is 0.368. The first kappa shape index (κ1) is 16.5. The third-order valence-electron chi connectivity index (χ3n) is 4.27. The molecule has 5 heteroatoms. The second-order valence-corrected chi connectivity index (χ2v) is 6.38. The lowest BCUT2D eigenvalue weighted by molar-refractivity contribution is 0.0946. The molecule has 0 saturated heterocycles. The third kappa shape index (κ3) is 3.92. The number of rotatable bonds is 5. The van der Waals surface area contributed by atoms with E-state index in [1.54, 1.807) is 6.07 Å². The predicted molar refractivity (Wildman–Crippen MR) is 96.3 cm³/mol. The molecule has 24 heavy (non-hydrogen) atoms. The van der Waals surface area contributed by atoms with Crippen LogP contribution in [0.4, 0.5) is 5.82 Å². The molecule has 1 N–H and O–H groups in total. The van der Waals surface area contributed by atoms with E-state index in [-0.39, 0.29) is 5.91 Å². The van der Waals surface area contributed by atoms with Crippen LogP contribution in [0.15, 0.2) is 42.5 Å². The smallest absolute Gasteiger partial charge is 0.270 e. The molecule has 1 aromatic carbocycles. The van der Waals surface area contributed by atoms with Gasteiger partial charge in [-0.1, -0.05) is 30.3 Å². The summed E-state index contributed by atoms with van der Waals surface area (Å²) in [5.41, 5.74) is 3.22. The first-order chi connectivity index (χ1) is 11.6. The maximum atomic E-state index is 12.2. The van der Waals surface area contributed by atoms with Crippen LogP contribution in [0.2, 0.25) is 0 Å². The van der Waals surface area contributed by atoms with Gasteiger partial charge in [0.2, 0.25) is 0 Å². The molecule has 0 fully saturated rings. The normalized spacial score (nSPS) is 13.7. The van der Waals surface area contributed by atoms with Gasteiger partial charge >= 0.3 is 0 Å². The van der Waals surface area contributed by atoms with E-state index in [1.807, 2.05) is 31.1 Å². The van der Waals surface area contributed by atoms with Gasteiger partial charge in [0.25, 0.3) is 5.91 Å². The van der Waals surface area contributed by atoms with Crippen LogP contribution < -0.4 is 10.2 Å². The van der Waals surface area contributed by atoms with Crippen molar-refractivity contribution < 1.29 is 4.79 Å². The number of aromatic nitrogens is 1. The number of hydrogen-bond donors (Lipinski definition) is 1. The van der Waals surface area contributed by atoms with Crippen LogP contribution in [0.5, 0.6) is 0 Å². The fourth-order valence-electron chi connectivity index (χ4n) is 2.90. The van der Waals surface area contributed by atoms with Gasteiger partial charge in [-0.15, -0.1) is 0 Å². The molecule has 1 amide bonds. The highest BCUT2D eigenvalue weighted by atomic mass is 16.1. The number of hydrogen-bond acceptors (Lipinski definition) is 4. The Morgan fingerprint density at radius 1 is 1.17 bits per heavy atom. The molecule has 2 aromatic rings. The molecule has 0 bridgehead atoms. The minimum Gasteiger partial charge on any atom is -0.352 e. The highest BCUT2D eigenvalue weighted by Gasteiger charge is 2.18. The molecular formula is C19H24N4O. The molecular weight excluding hydrogens is 300 g/mol. The quantitative estimate of drug-likeness (QED) is 0.913. The predicted octanol–water partition coefficient (Wildman–Crippen LogP) is 1.94. The van der Waals surface area contributed by atoms with Gasteiger partial charge in [-0.2, -0.15) is 0 Å². The Labute approximate surface area is 143 Å². The van der Waals surface area contributed by atoms with E-state index < -0.39 is 0 Å². The fourth-order valence-corrected chi connectivity index (χ4v) is 2.90. The highest BCUT2D eigenvalue weighted by Crippen LogP contribution is 2.23. The van der Waals surface area contributed by atoms with Crippen LogP contribution >= 0.6 is 0 Å². The van der Waals surface area contributed by atoms with Crippen LogP contribution in [-0.2, 0) is 13.0 Å². The second kappa shape index (κ2) is 7.45. The Balaban J connectivity index is 1.68. The van der Waals surface area contributed by atoms with Crippen molar-refractivity contribution in [3.8, 4) is 0 Å². The van der Waals surface area contributed by atoms with Gasteiger partial charge < -0.3 is 15.1 Å². The maximum absolute atomic E-state index is 12.2. The molecule has 2 heterocycles. The number of nitrogens with one attached hydrogen (secondary N) is 1. The Hall–Kier alpha value is -2.40. The van der Waals surface area contributed by atoms with Crippen molar-refractivity contribution in [3.63, 3.8) is 0 Å². The van der Waals surface area contributed by atoms with Crippen LogP contribution in [0.1, 0.15) is 21.6 Å². The van der Waals surface area contributed by atoms with Crippen molar-refractivity contribution >= 4 is 11.7 Å². The minimum absolute atomic E-state index is 0.115. The van der Waals surface area contributed by atoms with Crippen molar-refractivity contribution in [1.29, 1.82) is 0 Å². The number of pyridine rings is 1. The van der Waals surface area contributed by atoms with Crippen molar-refractivity contribution in [2.45, 2.75) is 13.0 Å². The van der Waals surface area contributed by atoms with E-state index in [0.717, 1.165) is 31.9 Å². The Morgan fingerprint density at radius 2 is 1.96 bits per heavy atom. The summed E-state index contributed by atoms with van der Waals surface area (Å²) in [5, 5.41) is 2.91. The first-order valence-corrected chi connectivity index (χ1v) is 8.35. The van der Waals surface area contributed by atoms with Gasteiger partial charge in [0.15, 0.2) is 0 Å². The Kier molecular flexibility index (Phi) is 5.11. The zero-order valence-corrected chi connectivity index (χ0v) is 14.3. The van der Waals surface area contributed by atoms with Gasteiger partial charge in [0.1, 0.15) is 11.5 Å². The number of amides is 1. The molecule has 5 nitrogen and oxygen atoms in total. The monoisotopic (exact) mass is 324 g/mol. The number of anilines is 1. The molecule has 3 rings (SSSR count). The number of nitrogens with zero attached hydrogens (tertiary/aromatic N) is 3. The average Bonchev–Trinajstić information content (AvgIpc) is 2.61. The van der Waals surface area contributed by atoms with E-state index >= 15 is 0 Å². The van der Waals surface area contributed by atoms with E-state index in [0.29, 0.717) is 12.2 Å². The van der Waals surface area contributed by atoms with Crippen molar-refractivity contribution in [1.82, 2.24) is 15.2 Å². The zero-order valence-electron chi connectivity index (χ0n) is 14.3. The number of carbonyl (C=O) groups excluding carboxylic acids is 1. The van der Waals surface area contributed by atoms with Gasteiger partial charge in [-0.3, -0.25) is 4.79 Å². The highest BCUT2D eigenvalue weighted by molar-refractivity contribution is 5.92. The molecule has 126 valence electrons. The summed E-state index contributed by atoms with van der Waals surface area (Å²) in [4.78, 5) is 21.1. The summed E-state index contributed by atoms with van der Waals surface area (Å²) >= 11 is 0. The molecule has 0 aliphatic carbocycles. The lowest BCUT2D eigenvalue weighted by Crippen LogP contribution is -2.33. The van der Waals surface area contributed by atoms with Gasteiger partial charge in [-0.25, -0.2) is 4.98 Å². The first-order valence-electron chi connectivity index (χ1n) is 8.35. The molecule has 0 atom stereocenters. The largest absolute Gasteiger partial charge is 0.352 e. The topological polar surface area (TPSA) is 48.5 Å². The van der Waals surface area contributed by atoms with Crippen LogP contribution in [-0.4, -0.2) is 49.5 Å². The van der Waals surface area contributed by atoms with Crippen LogP contribution in [0.25, 0.3) is 0 Å². The van der Waals surface area contributed by atoms with Crippen molar-refractivity contribution in [3.05, 3.63) is 59.3 Å². The summed E-state index contributed by atoms with van der Waals surface area (Å²) < 4.78 is 0. The minimum atomic E-state index is -0.115. The van der Waals surface area contributed by atoms with E-state index in [2.05, 4.69) is 39.5 Å². The summed E-state index contributed by atoms with van der Waals surface area (Å²) in [5.74, 6) is 0.751.